The molecule has 23 heavy (non-hydrogen) atoms. The number of carbonyl (C=O) groups excluding carboxylic acids is 1. The molecule has 0 spiro atoms. The van der Waals surface area contributed by atoms with E-state index in [1.54, 1.807) is 21.0 Å². The number of ether oxygens (including phenoxy) is 1. The molecule has 0 bridgehead atoms. The van der Waals surface area contributed by atoms with E-state index in [1.165, 1.54) is 0 Å². The molecule has 0 atom stereocenters. The number of aromatic nitrogens is 1. The molecule has 0 radical (unpaired) electrons. The van der Waals surface area contributed by atoms with Crippen LogP contribution >= 0.6 is 0 Å². The van der Waals surface area contributed by atoms with Gasteiger partial charge in [0, 0.05) is 6.54 Å². The van der Waals surface area contributed by atoms with Gasteiger partial charge in [0.25, 0.3) is 5.91 Å². The quantitative estimate of drug-likeness (QED) is 0.802. The van der Waals surface area contributed by atoms with Gasteiger partial charge in [0.15, 0.2) is 0 Å². The lowest BCUT2D eigenvalue weighted by Crippen LogP contribution is -2.23. The van der Waals surface area contributed by atoms with Crippen molar-refractivity contribution in [2.45, 2.75) is 20.4 Å². The van der Waals surface area contributed by atoms with Crippen LogP contribution in [0.15, 0.2) is 40.9 Å². The second kappa shape index (κ2) is 6.12. The Labute approximate surface area is 134 Å². The van der Waals surface area contributed by atoms with Gasteiger partial charge in [0.2, 0.25) is 0 Å². The highest BCUT2D eigenvalue weighted by molar-refractivity contribution is 5.96. The Morgan fingerprint density at radius 2 is 1.91 bits per heavy atom. The third-order valence-corrected chi connectivity index (χ3v) is 3.83. The van der Waals surface area contributed by atoms with Gasteiger partial charge in [-0.1, -0.05) is 23.4 Å². The molecule has 5 nitrogen and oxygen atoms in total. The Kier molecular flexibility index (Phi) is 4.02. The van der Waals surface area contributed by atoms with Crippen molar-refractivity contribution in [3.8, 4) is 5.75 Å². The summed E-state index contributed by atoms with van der Waals surface area (Å²) >= 11 is 0. The number of nitrogens with one attached hydrogen (secondary N) is 1. The monoisotopic (exact) mass is 310 g/mol. The highest BCUT2D eigenvalue weighted by Gasteiger charge is 2.16. The van der Waals surface area contributed by atoms with Crippen LogP contribution in [0.25, 0.3) is 10.8 Å². The third-order valence-electron chi connectivity index (χ3n) is 3.83. The van der Waals surface area contributed by atoms with Crippen LogP contribution in [-0.4, -0.2) is 18.2 Å². The van der Waals surface area contributed by atoms with E-state index in [0.717, 1.165) is 22.1 Å². The maximum Gasteiger partial charge on any atom is 0.257 e. The Morgan fingerprint density at radius 3 is 2.61 bits per heavy atom. The standard InChI is InChI=1S/C18H18N2O3/c1-11-17(12(2)23-20-11)18(21)19-10-13-4-5-15-9-16(22-3)7-6-14(15)8-13/h4-9H,10H2,1-3H3,(H,19,21). The van der Waals surface area contributed by atoms with Crippen molar-refractivity contribution in [3.05, 3.63) is 59.0 Å². The second-order valence-corrected chi connectivity index (χ2v) is 5.43. The summed E-state index contributed by atoms with van der Waals surface area (Å²) in [6.07, 6.45) is 0. The minimum Gasteiger partial charge on any atom is -0.497 e. The first kappa shape index (κ1) is 15.1. The molecule has 118 valence electrons. The lowest BCUT2D eigenvalue weighted by atomic mass is 10.1. The van der Waals surface area contributed by atoms with Crippen LogP contribution in [0.4, 0.5) is 0 Å². The molecule has 0 fully saturated rings. The van der Waals surface area contributed by atoms with Crippen LogP contribution in [0.3, 0.4) is 0 Å². The van der Waals surface area contributed by atoms with Crippen LogP contribution in [0, 0.1) is 13.8 Å². The van der Waals surface area contributed by atoms with Crippen LogP contribution in [-0.2, 0) is 6.54 Å². The molecule has 0 aliphatic rings. The van der Waals surface area contributed by atoms with Crippen molar-refractivity contribution in [1.82, 2.24) is 10.5 Å². The molecular weight excluding hydrogens is 292 g/mol. The summed E-state index contributed by atoms with van der Waals surface area (Å²) in [6, 6.07) is 12.0. The lowest BCUT2D eigenvalue weighted by molar-refractivity contribution is 0.0949. The zero-order valence-corrected chi connectivity index (χ0v) is 13.3. The van der Waals surface area contributed by atoms with E-state index in [0.29, 0.717) is 23.6 Å². The van der Waals surface area contributed by atoms with Crippen molar-refractivity contribution >= 4 is 16.7 Å². The molecular formula is C18H18N2O3. The number of rotatable bonds is 4. The molecule has 5 heteroatoms. The van der Waals surface area contributed by atoms with E-state index in [2.05, 4.69) is 16.5 Å². The molecule has 3 aromatic rings. The molecule has 0 saturated carbocycles. The van der Waals surface area contributed by atoms with Gasteiger partial charge >= 0.3 is 0 Å². The number of benzene rings is 2. The summed E-state index contributed by atoms with van der Waals surface area (Å²) in [5.74, 6) is 1.19. The average molecular weight is 310 g/mol. The zero-order chi connectivity index (χ0) is 16.4. The maximum atomic E-state index is 12.2. The van der Waals surface area contributed by atoms with E-state index < -0.39 is 0 Å². The SMILES string of the molecule is COc1ccc2cc(CNC(=O)c3c(C)noc3C)ccc2c1. The van der Waals surface area contributed by atoms with Gasteiger partial charge < -0.3 is 14.6 Å². The van der Waals surface area contributed by atoms with Gasteiger partial charge in [-0.15, -0.1) is 0 Å². The molecule has 2 aromatic carbocycles. The fraction of sp³-hybridized carbons (Fsp3) is 0.222. The fourth-order valence-electron chi connectivity index (χ4n) is 2.59. The van der Waals surface area contributed by atoms with Crippen molar-refractivity contribution < 1.29 is 14.1 Å². The van der Waals surface area contributed by atoms with Gasteiger partial charge in [-0.3, -0.25) is 4.79 Å². The number of fused-ring (bicyclic) bond motifs is 1. The number of nitrogens with zero attached hydrogens (tertiary/aromatic N) is 1. The highest BCUT2D eigenvalue weighted by Crippen LogP contribution is 2.22. The van der Waals surface area contributed by atoms with Crippen molar-refractivity contribution in [1.29, 1.82) is 0 Å². The van der Waals surface area contributed by atoms with Gasteiger partial charge in [0.1, 0.15) is 17.1 Å². The van der Waals surface area contributed by atoms with Crippen molar-refractivity contribution in [2.24, 2.45) is 0 Å². The van der Waals surface area contributed by atoms with E-state index >= 15 is 0 Å². The normalized spacial score (nSPS) is 10.7. The average Bonchev–Trinajstić information content (AvgIpc) is 2.90. The van der Waals surface area contributed by atoms with E-state index in [-0.39, 0.29) is 5.91 Å². The van der Waals surface area contributed by atoms with Crippen molar-refractivity contribution in [3.63, 3.8) is 0 Å². The molecule has 0 unspecified atom stereocenters. The minimum absolute atomic E-state index is 0.170. The first-order valence-corrected chi connectivity index (χ1v) is 7.36. The van der Waals surface area contributed by atoms with Gasteiger partial charge in [-0.2, -0.15) is 0 Å². The van der Waals surface area contributed by atoms with Gasteiger partial charge in [-0.05, 0) is 48.4 Å². The predicted octanol–water partition coefficient (Wildman–Crippen LogP) is 3.38. The number of hydrogen-bond donors (Lipinski definition) is 1. The molecule has 1 heterocycles. The van der Waals surface area contributed by atoms with E-state index in [4.69, 9.17) is 9.26 Å². The second-order valence-electron chi connectivity index (χ2n) is 5.43. The van der Waals surface area contributed by atoms with E-state index in [1.807, 2.05) is 30.3 Å². The minimum atomic E-state index is -0.170. The first-order valence-electron chi connectivity index (χ1n) is 7.36. The number of carbonyl (C=O) groups is 1. The predicted molar refractivity (Wildman–Crippen MR) is 87.6 cm³/mol. The Hall–Kier alpha value is -2.82. The van der Waals surface area contributed by atoms with Crippen LogP contribution < -0.4 is 10.1 Å². The van der Waals surface area contributed by atoms with Crippen LogP contribution in [0.5, 0.6) is 5.75 Å². The topological polar surface area (TPSA) is 64.4 Å². The number of hydrogen-bond acceptors (Lipinski definition) is 4. The molecule has 1 aromatic heterocycles. The largest absolute Gasteiger partial charge is 0.497 e. The molecule has 1 N–H and O–H groups in total. The lowest BCUT2D eigenvalue weighted by Gasteiger charge is -2.07. The maximum absolute atomic E-state index is 12.2. The Balaban J connectivity index is 1.76. The number of amides is 1. The molecule has 3 rings (SSSR count). The van der Waals surface area contributed by atoms with Gasteiger partial charge in [0.05, 0.1) is 12.8 Å². The molecule has 1 amide bonds. The fourth-order valence-corrected chi connectivity index (χ4v) is 2.59. The molecule has 0 aliphatic carbocycles. The van der Waals surface area contributed by atoms with Crippen molar-refractivity contribution in [2.75, 3.05) is 7.11 Å². The van der Waals surface area contributed by atoms with Crippen LogP contribution in [0.1, 0.15) is 27.4 Å². The Bertz CT molecular complexity index is 848. The summed E-state index contributed by atoms with van der Waals surface area (Å²) in [6.45, 7) is 3.94. The Morgan fingerprint density at radius 1 is 1.17 bits per heavy atom. The summed E-state index contributed by atoms with van der Waals surface area (Å²) in [5.41, 5.74) is 2.14. The van der Waals surface area contributed by atoms with Gasteiger partial charge in [-0.25, -0.2) is 0 Å². The molecule has 0 saturated heterocycles. The van der Waals surface area contributed by atoms with E-state index in [9.17, 15) is 4.79 Å². The number of aryl methyl sites for hydroxylation is 2. The summed E-state index contributed by atoms with van der Waals surface area (Å²) < 4.78 is 10.2. The molecule has 0 aliphatic heterocycles. The summed E-state index contributed by atoms with van der Waals surface area (Å²) in [5, 5.41) is 8.92. The summed E-state index contributed by atoms with van der Waals surface area (Å²) in [7, 11) is 1.65. The first-order chi connectivity index (χ1) is 11.1. The van der Waals surface area contributed by atoms with Crippen LogP contribution in [0.2, 0.25) is 0 Å². The smallest absolute Gasteiger partial charge is 0.257 e. The zero-order valence-electron chi connectivity index (χ0n) is 13.3. The number of methoxy groups -OCH3 is 1. The highest BCUT2D eigenvalue weighted by atomic mass is 16.5. The summed E-state index contributed by atoms with van der Waals surface area (Å²) in [4.78, 5) is 12.2. The third kappa shape index (κ3) is 3.04.